The zero-order chi connectivity index (χ0) is 19.5. The van der Waals surface area contributed by atoms with Crippen molar-refractivity contribution in [2.24, 2.45) is 0 Å². The van der Waals surface area contributed by atoms with Crippen LogP contribution in [0.2, 0.25) is 0 Å². The van der Waals surface area contributed by atoms with Gasteiger partial charge in [-0.15, -0.1) is 0 Å². The zero-order valence-electron chi connectivity index (χ0n) is 13.5. The van der Waals surface area contributed by atoms with Gasteiger partial charge in [0.15, 0.2) is 0 Å². The molecule has 0 spiro atoms. The molecule has 8 nitrogen and oxygen atoms in total. The van der Waals surface area contributed by atoms with Gasteiger partial charge >= 0.3 is 0 Å². The van der Waals surface area contributed by atoms with Gasteiger partial charge in [0.25, 0.3) is 20.2 Å². The van der Waals surface area contributed by atoms with E-state index in [4.69, 9.17) is 4.74 Å². The van der Waals surface area contributed by atoms with Gasteiger partial charge in [0.1, 0.15) is 21.3 Å². The molecule has 0 saturated heterocycles. The van der Waals surface area contributed by atoms with E-state index in [0.29, 0.717) is 6.42 Å². The van der Waals surface area contributed by atoms with E-state index in [0.717, 1.165) is 12.1 Å². The molecule has 0 radical (unpaired) electrons. The van der Waals surface area contributed by atoms with Crippen LogP contribution >= 0.6 is 0 Å². The van der Waals surface area contributed by atoms with Crippen molar-refractivity contribution in [3.05, 3.63) is 42.5 Å². The molecular formula is C15H16O8S3. The Kier molecular flexibility index (Phi) is 6.19. The average molecular weight is 420 g/mol. The van der Waals surface area contributed by atoms with Crippen LogP contribution < -0.4 is 4.74 Å². The molecule has 142 valence electrons. The molecule has 2 N–H and O–H groups in total. The van der Waals surface area contributed by atoms with Crippen LogP contribution in [0.25, 0.3) is 0 Å². The van der Waals surface area contributed by atoms with E-state index >= 15 is 0 Å². The van der Waals surface area contributed by atoms with Gasteiger partial charge in [0.05, 0.1) is 15.7 Å². The Bertz CT molecular complexity index is 1040. The lowest BCUT2D eigenvalue weighted by atomic mass is 10.3. The van der Waals surface area contributed by atoms with Crippen molar-refractivity contribution in [1.82, 2.24) is 0 Å². The van der Waals surface area contributed by atoms with Crippen molar-refractivity contribution in [3.8, 4) is 11.5 Å². The van der Waals surface area contributed by atoms with Crippen LogP contribution in [0.1, 0.15) is 13.3 Å². The largest absolute Gasteiger partial charge is 0.456 e. The standard InChI is InChI=1S/C15H16O8S3/c1-2-9-24(16)13-8-7-11(10-15(13)26(20,21)22)23-12-5-3-4-6-14(12)25(17,18)19/h3-8,10H,2,9H2,1H3,(H,17,18,19)(H,20,21,22). The van der Waals surface area contributed by atoms with Crippen molar-refractivity contribution in [3.63, 3.8) is 0 Å². The van der Waals surface area contributed by atoms with Gasteiger partial charge in [-0.25, -0.2) is 0 Å². The lowest BCUT2D eigenvalue weighted by Gasteiger charge is -2.12. The molecule has 0 heterocycles. The van der Waals surface area contributed by atoms with Gasteiger partial charge in [-0.3, -0.25) is 13.3 Å². The van der Waals surface area contributed by atoms with Crippen LogP contribution in [0.4, 0.5) is 0 Å². The summed E-state index contributed by atoms with van der Waals surface area (Å²) >= 11 is 0. The average Bonchev–Trinajstić information content (AvgIpc) is 2.53. The van der Waals surface area contributed by atoms with Crippen molar-refractivity contribution in [2.75, 3.05) is 5.75 Å². The van der Waals surface area contributed by atoms with E-state index in [2.05, 4.69) is 0 Å². The molecule has 0 aliphatic heterocycles. The fourth-order valence-corrected chi connectivity index (χ4v) is 5.00. The molecule has 0 aliphatic carbocycles. The summed E-state index contributed by atoms with van der Waals surface area (Å²) in [4.78, 5) is -1.18. The maximum Gasteiger partial charge on any atom is 0.298 e. The lowest BCUT2D eigenvalue weighted by Crippen LogP contribution is -2.07. The molecule has 2 aromatic rings. The first-order chi connectivity index (χ1) is 12.0. The van der Waals surface area contributed by atoms with E-state index in [-0.39, 0.29) is 22.1 Å². The maximum absolute atomic E-state index is 12.1. The number of para-hydroxylation sites is 1. The summed E-state index contributed by atoms with van der Waals surface area (Å²) in [6, 6.07) is 8.66. The minimum atomic E-state index is -4.69. The number of benzene rings is 2. The van der Waals surface area contributed by atoms with E-state index in [9.17, 15) is 30.1 Å². The van der Waals surface area contributed by atoms with Gasteiger partial charge in [-0.05, 0) is 30.7 Å². The van der Waals surface area contributed by atoms with Gasteiger partial charge in [0.2, 0.25) is 0 Å². The number of ether oxygens (including phenoxy) is 1. The monoisotopic (exact) mass is 420 g/mol. The quantitative estimate of drug-likeness (QED) is 0.652. The molecule has 1 unspecified atom stereocenters. The molecule has 0 aliphatic rings. The molecule has 1 atom stereocenters. The predicted molar refractivity (Wildman–Crippen MR) is 94.2 cm³/mol. The van der Waals surface area contributed by atoms with Crippen molar-refractivity contribution in [2.45, 2.75) is 28.0 Å². The van der Waals surface area contributed by atoms with Gasteiger partial charge in [-0.2, -0.15) is 16.8 Å². The predicted octanol–water partition coefficient (Wildman–Crippen LogP) is 2.49. The Morgan fingerprint density at radius 1 is 0.962 bits per heavy atom. The van der Waals surface area contributed by atoms with Crippen LogP contribution in [0.3, 0.4) is 0 Å². The highest BCUT2D eigenvalue weighted by atomic mass is 32.2. The molecule has 0 fully saturated rings. The molecule has 2 rings (SSSR count). The number of hydrogen-bond donors (Lipinski definition) is 2. The van der Waals surface area contributed by atoms with E-state index < -0.39 is 40.8 Å². The first-order valence-electron chi connectivity index (χ1n) is 7.28. The molecule has 26 heavy (non-hydrogen) atoms. The Morgan fingerprint density at radius 3 is 2.15 bits per heavy atom. The van der Waals surface area contributed by atoms with Crippen LogP contribution in [-0.4, -0.2) is 35.9 Å². The second-order valence-corrected chi connectivity index (χ2v) is 9.48. The van der Waals surface area contributed by atoms with Gasteiger partial charge in [-0.1, -0.05) is 19.1 Å². The zero-order valence-corrected chi connectivity index (χ0v) is 16.0. The summed E-state index contributed by atoms with van der Waals surface area (Å²) in [5.41, 5.74) is 0. The molecule has 11 heteroatoms. The lowest BCUT2D eigenvalue weighted by molar-refractivity contribution is 0.446. The summed E-state index contributed by atoms with van der Waals surface area (Å²) in [5, 5.41) is 0. The Labute approximate surface area is 153 Å². The molecule has 0 saturated carbocycles. The second-order valence-electron chi connectivity index (χ2n) is 5.16. The molecular weight excluding hydrogens is 404 g/mol. The van der Waals surface area contributed by atoms with Crippen molar-refractivity contribution >= 4 is 31.0 Å². The van der Waals surface area contributed by atoms with Crippen molar-refractivity contribution in [1.29, 1.82) is 0 Å². The SMILES string of the molecule is CCCS(=O)c1ccc(Oc2ccccc2S(=O)(=O)O)cc1S(=O)(=O)O. The summed E-state index contributed by atoms with van der Waals surface area (Å²) in [6.45, 7) is 1.77. The smallest absolute Gasteiger partial charge is 0.298 e. The highest BCUT2D eigenvalue weighted by molar-refractivity contribution is 7.88. The van der Waals surface area contributed by atoms with Crippen LogP contribution in [0.5, 0.6) is 11.5 Å². The first kappa shape index (κ1) is 20.5. The summed E-state index contributed by atoms with van der Waals surface area (Å²) < 4.78 is 82.1. The Balaban J connectivity index is 2.53. The fraction of sp³-hybridized carbons (Fsp3) is 0.200. The highest BCUT2D eigenvalue weighted by Crippen LogP contribution is 2.31. The summed E-state index contributed by atoms with van der Waals surface area (Å²) in [6.07, 6.45) is 0.539. The minimum absolute atomic E-state index is 0.0789. The Morgan fingerprint density at radius 2 is 1.58 bits per heavy atom. The third-order valence-corrected chi connectivity index (χ3v) is 6.72. The number of hydrogen-bond acceptors (Lipinski definition) is 6. The van der Waals surface area contributed by atoms with Crippen LogP contribution in [-0.2, 0) is 31.0 Å². The third kappa shape index (κ3) is 4.89. The summed E-state index contributed by atoms with van der Waals surface area (Å²) in [5.74, 6) is -0.154. The molecule has 0 amide bonds. The maximum atomic E-state index is 12.1. The van der Waals surface area contributed by atoms with Crippen LogP contribution in [0.15, 0.2) is 57.2 Å². The fourth-order valence-electron chi connectivity index (χ4n) is 2.11. The third-order valence-electron chi connectivity index (χ3n) is 3.18. The van der Waals surface area contributed by atoms with Crippen LogP contribution in [0, 0.1) is 0 Å². The minimum Gasteiger partial charge on any atom is -0.456 e. The number of rotatable bonds is 7. The molecule has 0 aromatic heterocycles. The highest BCUT2D eigenvalue weighted by Gasteiger charge is 2.22. The topological polar surface area (TPSA) is 135 Å². The molecule has 0 bridgehead atoms. The van der Waals surface area contributed by atoms with Crippen molar-refractivity contribution < 1.29 is 34.9 Å². The molecule has 2 aromatic carbocycles. The van der Waals surface area contributed by atoms with Gasteiger partial charge in [0, 0.05) is 11.8 Å². The summed E-state index contributed by atoms with van der Waals surface area (Å²) in [7, 11) is -10.9. The second kappa shape index (κ2) is 7.84. The Hall–Kier alpha value is -1.79. The van der Waals surface area contributed by atoms with E-state index in [1.54, 1.807) is 6.92 Å². The van der Waals surface area contributed by atoms with E-state index in [1.165, 1.54) is 30.3 Å². The van der Waals surface area contributed by atoms with Gasteiger partial charge < -0.3 is 4.74 Å². The van der Waals surface area contributed by atoms with E-state index in [1.807, 2.05) is 0 Å². The normalized spacial score (nSPS) is 13.3. The first-order valence-corrected chi connectivity index (χ1v) is 11.5.